The summed E-state index contributed by atoms with van der Waals surface area (Å²) in [6.45, 7) is 3.12. The van der Waals surface area contributed by atoms with Gasteiger partial charge in [-0.3, -0.25) is 4.79 Å². The van der Waals surface area contributed by atoms with Crippen LogP contribution in [-0.4, -0.2) is 35.9 Å². The van der Waals surface area contributed by atoms with Crippen molar-refractivity contribution in [2.45, 2.75) is 38.1 Å². The van der Waals surface area contributed by atoms with E-state index in [1.165, 1.54) is 24.8 Å². The fraction of sp³-hybridized carbons (Fsp3) is 0.600. The Kier molecular flexibility index (Phi) is 3.67. The standard InChI is InChI=1S/C15H21N3O/c19-12-18-10-2-1-5-14(18)13-6-7-15(16-11-13)17-8-3-4-9-17/h6-7,11-12,14H,1-5,8-10H2. The number of amides is 1. The van der Waals surface area contributed by atoms with Gasteiger partial charge in [-0.25, -0.2) is 4.98 Å². The van der Waals surface area contributed by atoms with E-state index in [2.05, 4.69) is 22.0 Å². The van der Waals surface area contributed by atoms with E-state index in [4.69, 9.17) is 0 Å². The Morgan fingerprint density at radius 2 is 1.89 bits per heavy atom. The molecular weight excluding hydrogens is 238 g/mol. The molecule has 1 atom stereocenters. The van der Waals surface area contributed by atoms with Crippen LogP contribution in [0.1, 0.15) is 43.7 Å². The lowest BCUT2D eigenvalue weighted by molar-refractivity contribution is -0.121. The van der Waals surface area contributed by atoms with E-state index >= 15 is 0 Å². The van der Waals surface area contributed by atoms with Crippen molar-refractivity contribution in [3.8, 4) is 0 Å². The number of likely N-dealkylation sites (tertiary alicyclic amines) is 1. The minimum absolute atomic E-state index is 0.228. The van der Waals surface area contributed by atoms with Gasteiger partial charge >= 0.3 is 0 Å². The van der Waals surface area contributed by atoms with E-state index in [0.717, 1.165) is 44.7 Å². The van der Waals surface area contributed by atoms with Gasteiger partial charge in [-0.1, -0.05) is 6.07 Å². The molecule has 1 amide bonds. The molecule has 1 aromatic rings. The summed E-state index contributed by atoms with van der Waals surface area (Å²) in [6.07, 6.45) is 8.86. The normalized spacial score (nSPS) is 23.7. The Hall–Kier alpha value is -1.58. The molecule has 0 saturated carbocycles. The van der Waals surface area contributed by atoms with Crippen molar-refractivity contribution in [2.75, 3.05) is 24.5 Å². The second-order valence-electron chi connectivity index (χ2n) is 5.50. The van der Waals surface area contributed by atoms with Crippen LogP contribution in [0, 0.1) is 0 Å². The molecule has 2 aliphatic heterocycles. The van der Waals surface area contributed by atoms with Crippen LogP contribution in [0.2, 0.25) is 0 Å². The average Bonchev–Trinajstić information content (AvgIpc) is 3.02. The molecule has 19 heavy (non-hydrogen) atoms. The molecule has 0 aliphatic carbocycles. The van der Waals surface area contributed by atoms with E-state index in [1.807, 2.05) is 11.1 Å². The molecule has 3 rings (SSSR count). The summed E-state index contributed by atoms with van der Waals surface area (Å²) in [4.78, 5) is 20.0. The first-order valence-corrected chi connectivity index (χ1v) is 7.30. The highest BCUT2D eigenvalue weighted by atomic mass is 16.1. The third-order valence-electron chi connectivity index (χ3n) is 4.27. The molecule has 4 nitrogen and oxygen atoms in total. The highest BCUT2D eigenvalue weighted by molar-refractivity contribution is 5.49. The lowest BCUT2D eigenvalue weighted by atomic mass is 9.97. The predicted octanol–water partition coefficient (Wildman–Crippen LogP) is 2.37. The van der Waals surface area contributed by atoms with Crippen LogP contribution in [-0.2, 0) is 4.79 Å². The summed E-state index contributed by atoms with van der Waals surface area (Å²) < 4.78 is 0. The summed E-state index contributed by atoms with van der Waals surface area (Å²) >= 11 is 0. The van der Waals surface area contributed by atoms with Crippen molar-refractivity contribution >= 4 is 12.2 Å². The lowest BCUT2D eigenvalue weighted by Gasteiger charge is -2.33. The van der Waals surface area contributed by atoms with Gasteiger partial charge in [0.25, 0.3) is 0 Å². The SMILES string of the molecule is O=CN1CCCCC1c1ccc(N2CCCC2)nc1. The number of hydrogen-bond acceptors (Lipinski definition) is 3. The predicted molar refractivity (Wildman–Crippen MR) is 75.0 cm³/mol. The number of nitrogens with zero attached hydrogens (tertiary/aromatic N) is 3. The van der Waals surface area contributed by atoms with Crippen molar-refractivity contribution in [3.05, 3.63) is 23.9 Å². The topological polar surface area (TPSA) is 36.4 Å². The Balaban J connectivity index is 1.75. The van der Waals surface area contributed by atoms with Gasteiger partial charge in [-0.05, 0) is 43.7 Å². The molecule has 4 heteroatoms. The zero-order valence-electron chi connectivity index (χ0n) is 11.3. The van der Waals surface area contributed by atoms with Gasteiger partial charge in [0.05, 0.1) is 6.04 Å². The first-order chi connectivity index (χ1) is 9.38. The molecule has 1 aromatic heterocycles. The van der Waals surface area contributed by atoms with Crippen LogP contribution in [0.4, 0.5) is 5.82 Å². The molecule has 3 heterocycles. The second-order valence-corrected chi connectivity index (χ2v) is 5.50. The number of rotatable bonds is 3. The Bertz CT molecular complexity index is 426. The van der Waals surface area contributed by atoms with Crippen LogP contribution < -0.4 is 4.90 Å². The van der Waals surface area contributed by atoms with Crippen molar-refractivity contribution in [2.24, 2.45) is 0 Å². The molecule has 1 unspecified atom stereocenters. The Morgan fingerprint density at radius 3 is 2.58 bits per heavy atom. The fourth-order valence-corrected chi connectivity index (χ4v) is 3.17. The van der Waals surface area contributed by atoms with E-state index in [-0.39, 0.29) is 6.04 Å². The maximum atomic E-state index is 11.1. The average molecular weight is 259 g/mol. The molecule has 0 spiro atoms. The summed E-state index contributed by atoms with van der Waals surface area (Å²) in [7, 11) is 0. The van der Waals surface area contributed by atoms with Gasteiger partial charge in [0.1, 0.15) is 5.82 Å². The van der Waals surface area contributed by atoms with Gasteiger partial charge in [-0.2, -0.15) is 0 Å². The van der Waals surface area contributed by atoms with Crippen molar-refractivity contribution in [1.29, 1.82) is 0 Å². The minimum Gasteiger partial charge on any atom is -0.357 e. The summed E-state index contributed by atoms with van der Waals surface area (Å²) in [5, 5.41) is 0. The first-order valence-electron chi connectivity index (χ1n) is 7.30. The number of hydrogen-bond donors (Lipinski definition) is 0. The van der Waals surface area contributed by atoms with Crippen molar-refractivity contribution in [1.82, 2.24) is 9.88 Å². The smallest absolute Gasteiger partial charge is 0.210 e. The van der Waals surface area contributed by atoms with Crippen molar-refractivity contribution in [3.63, 3.8) is 0 Å². The molecule has 0 radical (unpaired) electrons. The van der Waals surface area contributed by atoms with E-state index in [1.54, 1.807) is 0 Å². The molecule has 2 aliphatic rings. The third-order valence-corrected chi connectivity index (χ3v) is 4.27. The van der Waals surface area contributed by atoms with Crippen LogP contribution in [0.25, 0.3) is 0 Å². The van der Waals surface area contributed by atoms with Crippen molar-refractivity contribution < 1.29 is 4.79 Å². The van der Waals surface area contributed by atoms with E-state index in [0.29, 0.717) is 0 Å². The van der Waals surface area contributed by atoms with Gasteiger partial charge in [0, 0.05) is 25.8 Å². The first kappa shape index (κ1) is 12.5. The molecule has 2 saturated heterocycles. The van der Waals surface area contributed by atoms with Crippen LogP contribution in [0.3, 0.4) is 0 Å². The Labute approximate surface area is 114 Å². The van der Waals surface area contributed by atoms with E-state index in [9.17, 15) is 4.79 Å². The van der Waals surface area contributed by atoms with Gasteiger partial charge < -0.3 is 9.80 Å². The number of carbonyl (C=O) groups excluding carboxylic acids is 1. The highest BCUT2D eigenvalue weighted by Gasteiger charge is 2.23. The minimum atomic E-state index is 0.228. The number of anilines is 1. The Morgan fingerprint density at radius 1 is 1.11 bits per heavy atom. The number of aromatic nitrogens is 1. The fourth-order valence-electron chi connectivity index (χ4n) is 3.17. The highest BCUT2D eigenvalue weighted by Crippen LogP contribution is 2.30. The number of carbonyl (C=O) groups is 1. The zero-order chi connectivity index (χ0) is 13.1. The third kappa shape index (κ3) is 2.57. The summed E-state index contributed by atoms with van der Waals surface area (Å²) in [5.41, 5.74) is 1.18. The number of piperidine rings is 1. The maximum absolute atomic E-state index is 11.1. The summed E-state index contributed by atoms with van der Waals surface area (Å²) in [5.74, 6) is 1.08. The molecule has 0 bridgehead atoms. The zero-order valence-corrected chi connectivity index (χ0v) is 11.3. The van der Waals surface area contributed by atoms with Crippen LogP contribution >= 0.6 is 0 Å². The van der Waals surface area contributed by atoms with Gasteiger partial charge in [0.2, 0.25) is 6.41 Å². The molecule has 0 aromatic carbocycles. The van der Waals surface area contributed by atoms with Crippen LogP contribution in [0.5, 0.6) is 0 Å². The molecular formula is C15H21N3O. The largest absolute Gasteiger partial charge is 0.357 e. The van der Waals surface area contributed by atoms with Crippen LogP contribution in [0.15, 0.2) is 18.3 Å². The maximum Gasteiger partial charge on any atom is 0.210 e. The quantitative estimate of drug-likeness (QED) is 0.782. The lowest BCUT2D eigenvalue weighted by Crippen LogP contribution is -2.32. The molecule has 2 fully saturated rings. The number of pyridine rings is 1. The summed E-state index contributed by atoms with van der Waals surface area (Å²) in [6, 6.07) is 4.48. The molecule has 0 N–H and O–H groups in total. The monoisotopic (exact) mass is 259 g/mol. The van der Waals surface area contributed by atoms with E-state index < -0.39 is 0 Å². The molecule has 102 valence electrons. The van der Waals surface area contributed by atoms with Gasteiger partial charge in [0.15, 0.2) is 0 Å². The second kappa shape index (κ2) is 5.59. The van der Waals surface area contributed by atoms with Gasteiger partial charge in [-0.15, -0.1) is 0 Å².